The first-order chi connectivity index (χ1) is 7.63. The van der Waals surface area contributed by atoms with Gasteiger partial charge in [-0.2, -0.15) is 5.26 Å². The van der Waals surface area contributed by atoms with Crippen LogP contribution < -0.4 is 0 Å². The van der Waals surface area contributed by atoms with E-state index in [9.17, 15) is 0 Å². The van der Waals surface area contributed by atoms with Gasteiger partial charge >= 0.3 is 0 Å². The maximum atomic E-state index is 8.63. The molecule has 2 heteroatoms. The Morgan fingerprint density at radius 3 is 2.38 bits per heavy atom. The van der Waals surface area contributed by atoms with Crippen molar-refractivity contribution in [1.82, 2.24) is 0 Å². The molecule has 0 radical (unpaired) electrons. The van der Waals surface area contributed by atoms with Crippen LogP contribution in [-0.4, -0.2) is 6.10 Å². The van der Waals surface area contributed by atoms with Crippen molar-refractivity contribution in [1.29, 1.82) is 5.26 Å². The Kier molecular flexibility index (Phi) is 5.01. The zero-order valence-corrected chi connectivity index (χ0v) is 10.2. The third-order valence-electron chi connectivity index (χ3n) is 2.40. The van der Waals surface area contributed by atoms with Crippen LogP contribution >= 0.6 is 0 Å². The third-order valence-corrected chi connectivity index (χ3v) is 2.40. The van der Waals surface area contributed by atoms with Gasteiger partial charge in [0.1, 0.15) is 0 Å². The lowest BCUT2D eigenvalue weighted by atomic mass is 10.0. The van der Waals surface area contributed by atoms with Gasteiger partial charge in [0.25, 0.3) is 0 Å². The van der Waals surface area contributed by atoms with Crippen LogP contribution in [0.25, 0.3) is 0 Å². The van der Waals surface area contributed by atoms with E-state index in [0.29, 0.717) is 6.42 Å². The van der Waals surface area contributed by atoms with Crippen LogP contribution in [0.15, 0.2) is 24.3 Å². The average Bonchev–Trinajstić information content (AvgIpc) is 2.25. The number of nitriles is 1. The van der Waals surface area contributed by atoms with E-state index in [1.54, 1.807) is 0 Å². The summed E-state index contributed by atoms with van der Waals surface area (Å²) < 4.78 is 5.83. The zero-order chi connectivity index (χ0) is 12.0. The van der Waals surface area contributed by atoms with E-state index in [1.807, 2.05) is 13.8 Å². The Bertz CT molecular complexity index is 348. The molecule has 16 heavy (non-hydrogen) atoms. The summed E-state index contributed by atoms with van der Waals surface area (Å²) in [6.45, 7) is 6.11. The van der Waals surface area contributed by atoms with Gasteiger partial charge in [-0.15, -0.1) is 0 Å². The van der Waals surface area contributed by atoms with Gasteiger partial charge in [0.05, 0.1) is 18.3 Å². The molecule has 0 spiro atoms. The molecule has 2 nitrogen and oxygen atoms in total. The molecule has 0 heterocycles. The SMILES string of the molecule is Cc1ccc([C@H](CCC#N)OC(C)C)cc1. The summed E-state index contributed by atoms with van der Waals surface area (Å²) in [5.41, 5.74) is 2.40. The molecular weight excluding hydrogens is 198 g/mol. The topological polar surface area (TPSA) is 33.0 Å². The van der Waals surface area contributed by atoms with E-state index in [-0.39, 0.29) is 12.2 Å². The number of benzene rings is 1. The highest BCUT2D eigenvalue weighted by Crippen LogP contribution is 2.24. The Labute approximate surface area is 97.9 Å². The van der Waals surface area contributed by atoms with Crippen LogP contribution in [-0.2, 0) is 4.74 Å². The molecule has 0 aromatic heterocycles. The zero-order valence-electron chi connectivity index (χ0n) is 10.2. The van der Waals surface area contributed by atoms with E-state index < -0.39 is 0 Å². The van der Waals surface area contributed by atoms with Crippen LogP contribution in [0, 0.1) is 18.3 Å². The number of nitrogens with zero attached hydrogens (tertiary/aromatic N) is 1. The first-order valence-electron chi connectivity index (χ1n) is 5.72. The standard InChI is InChI=1S/C14H19NO/c1-11(2)16-14(5-4-10-15)13-8-6-12(3)7-9-13/h6-9,11,14H,4-5H2,1-3H3/t14-/m0/s1. The molecule has 86 valence electrons. The second-order valence-electron chi connectivity index (χ2n) is 4.28. The summed E-state index contributed by atoms with van der Waals surface area (Å²) in [7, 11) is 0. The van der Waals surface area contributed by atoms with Crippen molar-refractivity contribution < 1.29 is 4.74 Å². The molecule has 1 aromatic rings. The summed E-state index contributed by atoms with van der Waals surface area (Å²) in [6.07, 6.45) is 1.52. The molecule has 0 N–H and O–H groups in total. The predicted molar refractivity (Wildman–Crippen MR) is 65.0 cm³/mol. The van der Waals surface area contributed by atoms with Gasteiger partial charge in [0, 0.05) is 6.42 Å². The Morgan fingerprint density at radius 2 is 1.88 bits per heavy atom. The van der Waals surface area contributed by atoms with Crippen molar-refractivity contribution in [2.75, 3.05) is 0 Å². The van der Waals surface area contributed by atoms with Crippen molar-refractivity contribution in [2.45, 2.75) is 45.8 Å². The van der Waals surface area contributed by atoms with E-state index in [0.717, 1.165) is 12.0 Å². The molecular formula is C14H19NO. The lowest BCUT2D eigenvalue weighted by Gasteiger charge is -2.20. The van der Waals surface area contributed by atoms with Gasteiger partial charge < -0.3 is 4.74 Å². The normalized spacial score (nSPS) is 12.4. The lowest BCUT2D eigenvalue weighted by Crippen LogP contribution is -2.10. The maximum Gasteiger partial charge on any atom is 0.0838 e. The molecule has 0 unspecified atom stereocenters. The fraction of sp³-hybridized carbons (Fsp3) is 0.500. The number of hydrogen-bond acceptors (Lipinski definition) is 2. The molecule has 1 aromatic carbocycles. The minimum atomic E-state index is 0.0419. The number of ether oxygens (including phenoxy) is 1. The molecule has 0 saturated carbocycles. The highest BCUT2D eigenvalue weighted by atomic mass is 16.5. The smallest absolute Gasteiger partial charge is 0.0838 e. The number of rotatable bonds is 5. The fourth-order valence-corrected chi connectivity index (χ4v) is 1.62. The van der Waals surface area contributed by atoms with Gasteiger partial charge in [-0.1, -0.05) is 29.8 Å². The van der Waals surface area contributed by atoms with E-state index in [1.165, 1.54) is 5.56 Å². The first kappa shape index (κ1) is 12.7. The first-order valence-corrected chi connectivity index (χ1v) is 5.72. The van der Waals surface area contributed by atoms with Crippen LogP contribution in [0.2, 0.25) is 0 Å². The highest BCUT2D eigenvalue weighted by Gasteiger charge is 2.13. The van der Waals surface area contributed by atoms with Crippen LogP contribution in [0.5, 0.6) is 0 Å². The molecule has 0 aliphatic rings. The number of aryl methyl sites for hydroxylation is 1. The number of hydrogen-bond donors (Lipinski definition) is 0. The summed E-state index contributed by atoms with van der Waals surface area (Å²) >= 11 is 0. The van der Waals surface area contributed by atoms with Crippen LogP contribution in [0.3, 0.4) is 0 Å². The molecule has 0 saturated heterocycles. The Hall–Kier alpha value is -1.33. The predicted octanol–water partition coefficient (Wildman–Crippen LogP) is 3.76. The van der Waals surface area contributed by atoms with E-state index in [2.05, 4.69) is 37.3 Å². The van der Waals surface area contributed by atoms with Gasteiger partial charge in [-0.3, -0.25) is 0 Å². The summed E-state index contributed by atoms with van der Waals surface area (Å²) in [5.74, 6) is 0. The second kappa shape index (κ2) is 6.30. The summed E-state index contributed by atoms with van der Waals surface area (Å²) in [4.78, 5) is 0. The van der Waals surface area contributed by atoms with Crippen molar-refractivity contribution in [2.24, 2.45) is 0 Å². The minimum absolute atomic E-state index is 0.0419. The Balaban J connectivity index is 2.75. The van der Waals surface area contributed by atoms with Crippen molar-refractivity contribution >= 4 is 0 Å². The van der Waals surface area contributed by atoms with Gasteiger partial charge in [-0.05, 0) is 32.8 Å². The van der Waals surface area contributed by atoms with Crippen LogP contribution in [0.1, 0.15) is 43.9 Å². The van der Waals surface area contributed by atoms with Crippen molar-refractivity contribution in [3.8, 4) is 6.07 Å². The third kappa shape index (κ3) is 4.04. The molecule has 0 aliphatic heterocycles. The summed E-state index contributed by atoms with van der Waals surface area (Å²) in [5, 5.41) is 8.63. The molecule has 1 atom stereocenters. The Morgan fingerprint density at radius 1 is 1.25 bits per heavy atom. The molecule has 1 rings (SSSR count). The maximum absolute atomic E-state index is 8.63. The molecule has 0 fully saturated rings. The second-order valence-corrected chi connectivity index (χ2v) is 4.28. The van der Waals surface area contributed by atoms with E-state index in [4.69, 9.17) is 10.00 Å². The van der Waals surface area contributed by atoms with Crippen molar-refractivity contribution in [3.63, 3.8) is 0 Å². The van der Waals surface area contributed by atoms with Gasteiger partial charge in [-0.25, -0.2) is 0 Å². The lowest BCUT2D eigenvalue weighted by molar-refractivity contribution is 0.00250. The van der Waals surface area contributed by atoms with E-state index >= 15 is 0 Å². The van der Waals surface area contributed by atoms with Gasteiger partial charge in [0.2, 0.25) is 0 Å². The monoisotopic (exact) mass is 217 g/mol. The van der Waals surface area contributed by atoms with Crippen LogP contribution in [0.4, 0.5) is 0 Å². The largest absolute Gasteiger partial charge is 0.371 e. The molecule has 0 amide bonds. The fourth-order valence-electron chi connectivity index (χ4n) is 1.62. The van der Waals surface area contributed by atoms with Crippen molar-refractivity contribution in [3.05, 3.63) is 35.4 Å². The molecule has 0 aliphatic carbocycles. The minimum Gasteiger partial charge on any atom is -0.371 e. The molecule has 0 bridgehead atoms. The van der Waals surface area contributed by atoms with Gasteiger partial charge in [0.15, 0.2) is 0 Å². The summed E-state index contributed by atoms with van der Waals surface area (Å²) in [6, 6.07) is 10.5. The quantitative estimate of drug-likeness (QED) is 0.752. The highest BCUT2D eigenvalue weighted by molar-refractivity contribution is 5.23. The average molecular weight is 217 g/mol.